The molecule has 0 aliphatic carbocycles. The first kappa shape index (κ1) is 26.0. The summed E-state index contributed by atoms with van der Waals surface area (Å²) < 4.78 is 19.6. The molecule has 4 rings (SSSR count). The molecule has 2 aliphatic heterocycles. The molecule has 2 saturated heterocycles. The third kappa shape index (κ3) is 7.22. The van der Waals surface area contributed by atoms with E-state index in [1.807, 2.05) is 23.1 Å². The second-order valence-electron chi connectivity index (χ2n) is 9.05. The highest BCUT2D eigenvalue weighted by Gasteiger charge is 2.27. The summed E-state index contributed by atoms with van der Waals surface area (Å²) in [5.74, 6) is -1.48. The van der Waals surface area contributed by atoms with E-state index in [2.05, 4.69) is 25.4 Å². The van der Waals surface area contributed by atoms with Crippen LogP contribution in [-0.4, -0.2) is 98.7 Å². The van der Waals surface area contributed by atoms with Crippen LogP contribution in [0.3, 0.4) is 0 Å². The quantitative estimate of drug-likeness (QED) is 0.394. The van der Waals surface area contributed by atoms with Gasteiger partial charge in [0.25, 0.3) is 0 Å². The highest BCUT2D eigenvalue weighted by atomic mass is 19.1. The fraction of sp³-hybridized carbons (Fsp3) is 0.500. The van der Waals surface area contributed by atoms with Crippen molar-refractivity contribution in [2.75, 3.05) is 77.0 Å². The second-order valence-corrected chi connectivity index (χ2v) is 9.05. The number of anilines is 1. The van der Waals surface area contributed by atoms with Gasteiger partial charge in [0.05, 0.1) is 24.9 Å². The summed E-state index contributed by atoms with van der Waals surface area (Å²) in [4.78, 5) is 35.6. The van der Waals surface area contributed by atoms with Crippen molar-refractivity contribution >= 4 is 17.5 Å². The Labute approximate surface area is 211 Å². The predicted octanol–water partition coefficient (Wildman–Crippen LogP) is 1.04. The topological polar surface area (TPSA) is 90.0 Å². The van der Waals surface area contributed by atoms with Crippen molar-refractivity contribution in [3.8, 4) is 0 Å². The lowest BCUT2D eigenvalue weighted by Crippen LogP contribution is -2.51. The number of nitrogens with one attached hydrogen (secondary N) is 2. The molecular formula is C26H35FN6O3. The lowest BCUT2D eigenvalue weighted by molar-refractivity contribution is -0.139. The SMILES string of the molecule is O=C(NCCCN1CCOCC1)C(=O)NCC(c1cccnc1)N1CCN(c2ccccc2F)CC1. The maximum atomic E-state index is 14.2. The van der Waals surface area contributed by atoms with E-state index in [9.17, 15) is 14.0 Å². The van der Waals surface area contributed by atoms with Gasteiger partial charge in [0.15, 0.2) is 0 Å². The molecule has 1 aromatic carbocycles. The van der Waals surface area contributed by atoms with Crippen LogP contribution in [0.25, 0.3) is 0 Å². The van der Waals surface area contributed by atoms with Crippen LogP contribution in [0.15, 0.2) is 48.8 Å². The van der Waals surface area contributed by atoms with E-state index >= 15 is 0 Å². The first-order valence-corrected chi connectivity index (χ1v) is 12.6. The molecule has 2 N–H and O–H groups in total. The molecule has 9 nitrogen and oxygen atoms in total. The van der Waals surface area contributed by atoms with Crippen molar-refractivity contribution in [3.63, 3.8) is 0 Å². The molecule has 2 aliphatic rings. The second kappa shape index (κ2) is 13.3. The van der Waals surface area contributed by atoms with E-state index in [1.54, 1.807) is 24.5 Å². The van der Waals surface area contributed by atoms with Gasteiger partial charge in [-0.15, -0.1) is 0 Å². The zero-order valence-electron chi connectivity index (χ0n) is 20.6. The molecule has 194 valence electrons. The van der Waals surface area contributed by atoms with Crippen LogP contribution >= 0.6 is 0 Å². The maximum absolute atomic E-state index is 14.2. The number of morpholine rings is 1. The molecule has 1 atom stereocenters. The minimum atomic E-state index is -0.639. The van der Waals surface area contributed by atoms with E-state index in [0.717, 1.165) is 44.8 Å². The average molecular weight is 499 g/mol. The lowest BCUT2D eigenvalue weighted by atomic mass is 10.1. The number of piperazine rings is 1. The van der Waals surface area contributed by atoms with Gasteiger partial charge in [-0.3, -0.25) is 24.4 Å². The number of nitrogens with zero attached hydrogens (tertiary/aromatic N) is 4. The van der Waals surface area contributed by atoms with Gasteiger partial charge >= 0.3 is 11.8 Å². The van der Waals surface area contributed by atoms with Crippen LogP contribution in [0.1, 0.15) is 18.0 Å². The van der Waals surface area contributed by atoms with Crippen LogP contribution in [0.4, 0.5) is 10.1 Å². The third-order valence-corrected chi connectivity index (χ3v) is 6.72. The Morgan fingerprint density at radius 2 is 1.72 bits per heavy atom. The number of benzene rings is 1. The highest BCUT2D eigenvalue weighted by Crippen LogP contribution is 2.25. The molecule has 2 amide bonds. The van der Waals surface area contributed by atoms with Crippen LogP contribution in [-0.2, 0) is 14.3 Å². The Morgan fingerprint density at radius 3 is 2.44 bits per heavy atom. The molecular weight excluding hydrogens is 463 g/mol. The van der Waals surface area contributed by atoms with Gasteiger partial charge in [-0.1, -0.05) is 18.2 Å². The summed E-state index contributed by atoms with van der Waals surface area (Å²) in [5.41, 5.74) is 1.57. The number of aromatic nitrogens is 1. The van der Waals surface area contributed by atoms with Crippen molar-refractivity contribution < 1.29 is 18.7 Å². The van der Waals surface area contributed by atoms with Crippen molar-refractivity contribution in [1.29, 1.82) is 0 Å². The summed E-state index contributed by atoms with van der Waals surface area (Å²) in [6, 6.07) is 10.5. The molecule has 0 saturated carbocycles. The third-order valence-electron chi connectivity index (χ3n) is 6.72. The Bertz CT molecular complexity index is 981. The molecule has 1 aromatic heterocycles. The molecule has 1 unspecified atom stereocenters. The Hall–Kier alpha value is -3.08. The minimum absolute atomic E-state index is 0.139. The molecule has 2 fully saturated rings. The summed E-state index contributed by atoms with van der Waals surface area (Å²) in [5, 5.41) is 5.52. The van der Waals surface area contributed by atoms with Gasteiger partial charge < -0.3 is 20.3 Å². The predicted molar refractivity (Wildman–Crippen MR) is 135 cm³/mol. The van der Waals surface area contributed by atoms with E-state index in [1.165, 1.54) is 6.07 Å². The molecule has 3 heterocycles. The number of hydrogen-bond donors (Lipinski definition) is 2. The Morgan fingerprint density at radius 1 is 0.972 bits per heavy atom. The summed E-state index contributed by atoms with van der Waals surface area (Å²) in [7, 11) is 0. The Kier molecular flexibility index (Phi) is 9.60. The van der Waals surface area contributed by atoms with Gasteiger partial charge in [0.1, 0.15) is 5.82 Å². The normalized spacial score (nSPS) is 18.0. The van der Waals surface area contributed by atoms with E-state index < -0.39 is 11.8 Å². The number of halogens is 1. The number of hydrogen-bond acceptors (Lipinski definition) is 7. The minimum Gasteiger partial charge on any atom is -0.379 e. The number of pyridine rings is 1. The van der Waals surface area contributed by atoms with Crippen LogP contribution in [0, 0.1) is 5.82 Å². The number of ether oxygens (including phenoxy) is 1. The fourth-order valence-electron chi connectivity index (χ4n) is 4.69. The van der Waals surface area contributed by atoms with Crippen LogP contribution in [0.5, 0.6) is 0 Å². The molecule has 0 radical (unpaired) electrons. The van der Waals surface area contributed by atoms with E-state index in [0.29, 0.717) is 38.4 Å². The molecule has 10 heteroatoms. The number of amides is 2. The first-order chi connectivity index (χ1) is 17.6. The standard InChI is InChI=1S/C26H35FN6O3/c27-22-6-1-2-7-23(22)32-11-13-33(14-12-32)24(21-5-3-8-28-19-21)20-30-26(35)25(34)29-9-4-10-31-15-17-36-18-16-31/h1-3,5-8,19,24H,4,9-18,20H2,(H,29,34)(H,30,35). The number of carbonyl (C=O) groups is 2. The smallest absolute Gasteiger partial charge is 0.309 e. The van der Waals surface area contributed by atoms with E-state index in [4.69, 9.17) is 4.74 Å². The summed E-state index contributed by atoms with van der Waals surface area (Å²) >= 11 is 0. The van der Waals surface area contributed by atoms with Crippen LogP contribution < -0.4 is 15.5 Å². The zero-order valence-corrected chi connectivity index (χ0v) is 20.6. The Balaban J connectivity index is 1.27. The van der Waals surface area contributed by atoms with Gasteiger partial charge in [-0.05, 0) is 36.7 Å². The molecule has 0 bridgehead atoms. The van der Waals surface area contributed by atoms with Gasteiger partial charge in [0.2, 0.25) is 0 Å². The van der Waals surface area contributed by atoms with Crippen molar-refractivity contribution in [3.05, 3.63) is 60.2 Å². The first-order valence-electron chi connectivity index (χ1n) is 12.6. The van der Waals surface area contributed by atoms with E-state index in [-0.39, 0.29) is 18.4 Å². The molecule has 0 spiro atoms. The van der Waals surface area contributed by atoms with Crippen molar-refractivity contribution in [2.24, 2.45) is 0 Å². The average Bonchev–Trinajstić information content (AvgIpc) is 2.93. The molecule has 36 heavy (non-hydrogen) atoms. The summed E-state index contributed by atoms with van der Waals surface area (Å²) in [6.07, 6.45) is 4.27. The van der Waals surface area contributed by atoms with Crippen LogP contribution in [0.2, 0.25) is 0 Å². The van der Waals surface area contributed by atoms with Crippen molar-refractivity contribution in [1.82, 2.24) is 25.4 Å². The van der Waals surface area contributed by atoms with Crippen molar-refractivity contribution in [2.45, 2.75) is 12.5 Å². The lowest BCUT2D eigenvalue weighted by Gasteiger charge is -2.40. The zero-order chi connectivity index (χ0) is 25.2. The largest absolute Gasteiger partial charge is 0.379 e. The fourth-order valence-corrected chi connectivity index (χ4v) is 4.69. The number of para-hydroxylation sites is 1. The van der Waals surface area contributed by atoms with Gasteiger partial charge in [-0.25, -0.2) is 4.39 Å². The van der Waals surface area contributed by atoms with Gasteiger partial charge in [0, 0.05) is 64.8 Å². The number of carbonyl (C=O) groups excluding carboxylic acids is 2. The monoisotopic (exact) mass is 498 g/mol. The number of rotatable bonds is 9. The molecule has 2 aromatic rings. The van der Waals surface area contributed by atoms with Gasteiger partial charge in [-0.2, -0.15) is 0 Å². The summed E-state index contributed by atoms with van der Waals surface area (Å²) in [6.45, 7) is 7.60. The maximum Gasteiger partial charge on any atom is 0.309 e. The highest BCUT2D eigenvalue weighted by molar-refractivity contribution is 6.35.